The van der Waals surface area contributed by atoms with Gasteiger partial charge >= 0.3 is 0 Å². The molecule has 0 unspecified atom stereocenters. The molecule has 0 aromatic heterocycles. The molecule has 1 fully saturated rings. The van der Waals surface area contributed by atoms with Crippen molar-refractivity contribution in [3.63, 3.8) is 0 Å². The van der Waals surface area contributed by atoms with Gasteiger partial charge in [-0.2, -0.15) is 0 Å². The van der Waals surface area contributed by atoms with Gasteiger partial charge in [-0.05, 0) is 37.0 Å². The fraction of sp³-hybridized carbons (Fsp3) is 0.750. The first kappa shape index (κ1) is 9.75. The molecule has 0 heterocycles. The highest BCUT2D eigenvalue weighted by atomic mass is 16.1. The fourth-order valence-corrected chi connectivity index (χ4v) is 2.85. The van der Waals surface area contributed by atoms with Gasteiger partial charge in [-0.3, -0.25) is 4.79 Å². The summed E-state index contributed by atoms with van der Waals surface area (Å²) in [7, 11) is 0. The Morgan fingerprint density at radius 1 is 1.71 bits per heavy atom. The third kappa shape index (κ3) is 1.47. The first-order valence-corrected chi connectivity index (χ1v) is 5.46. The minimum absolute atomic E-state index is 0.0931. The number of hydrogen-bond donors (Lipinski definition) is 1. The number of nitrogens with one attached hydrogen (secondary N) is 1. The number of amides is 1. The molecule has 1 amide bonds. The maximum Gasteiger partial charge on any atom is 0.216 e. The fourth-order valence-electron chi connectivity index (χ4n) is 2.85. The largest absolute Gasteiger partial charge is 0.356 e. The summed E-state index contributed by atoms with van der Waals surface area (Å²) in [5.41, 5.74) is 1.88. The van der Waals surface area contributed by atoms with E-state index < -0.39 is 0 Å². The van der Waals surface area contributed by atoms with E-state index in [-0.39, 0.29) is 5.91 Å². The van der Waals surface area contributed by atoms with E-state index in [9.17, 15) is 4.79 Å². The predicted octanol–water partition coefficient (Wildman–Crippen LogP) is 2.11. The van der Waals surface area contributed by atoms with E-state index in [0.29, 0.717) is 5.41 Å². The predicted molar refractivity (Wildman–Crippen MR) is 56.8 cm³/mol. The van der Waals surface area contributed by atoms with Crippen LogP contribution in [0.2, 0.25) is 0 Å². The van der Waals surface area contributed by atoms with Crippen LogP contribution in [0, 0.1) is 17.3 Å². The first-order chi connectivity index (χ1) is 6.54. The molecule has 1 saturated carbocycles. The third-order valence-corrected chi connectivity index (χ3v) is 3.96. The van der Waals surface area contributed by atoms with Crippen LogP contribution in [0.4, 0.5) is 0 Å². The molecule has 3 atom stereocenters. The van der Waals surface area contributed by atoms with Crippen molar-refractivity contribution in [1.82, 2.24) is 5.32 Å². The Hall–Kier alpha value is -0.790. The van der Waals surface area contributed by atoms with Gasteiger partial charge in [0.15, 0.2) is 0 Å². The molecule has 0 aromatic rings. The van der Waals surface area contributed by atoms with Crippen molar-refractivity contribution in [2.45, 2.75) is 33.6 Å². The normalized spacial score (nSPS) is 39.8. The van der Waals surface area contributed by atoms with Crippen LogP contribution in [0.1, 0.15) is 33.6 Å². The highest BCUT2D eigenvalue weighted by Crippen LogP contribution is 2.63. The van der Waals surface area contributed by atoms with E-state index in [0.717, 1.165) is 18.4 Å². The lowest BCUT2D eigenvalue weighted by Gasteiger charge is -2.10. The van der Waals surface area contributed by atoms with E-state index in [1.54, 1.807) is 6.92 Å². The number of fused-ring (bicyclic) bond motifs is 1. The maximum absolute atomic E-state index is 10.9. The number of hydrogen-bond acceptors (Lipinski definition) is 1. The lowest BCUT2D eigenvalue weighted by Crippen LogP contribution is -2.28. The summed E-state index contributed by atoms with van der Waals surface area (Å²) in [6, 6.07) is 0. The molecule has 78 valence electrons. The molecule has 0 bridgehead atoms. The molecule has 0 spiro atoms. The summed E-state index contributed by atoms with van der Waals surface area (Å²) in [4.78, 5) is 10.9. The topological polar surface area (TPSA) is 29.1 Å². The van der Waals surface area contributed by atoms with E-state index >= 15 is 0 Å². The lowest BCUT2D eigenvalue weighted by molar-refractivity contribution is -0.119. The average molecular weight is 193 g/mol. The summed E-state index contributed by atoms with van der Waals surface area (Å²) in [5, 5.41) is 2.95. The summed E-state index contributed by atoms with van der Waals surface area (Å²) >= 11 is 0. The zero-order valence-corrected chi connectivity index (χ0v) is 9.26. The molecule has 2 aliphatic carbocycles. The number of rotatable bonds is 2. The highest BCUT2D eigenvalue weighted by molar-refractivity contribution is 5.72. The van der Waals surface area contributed by atoms with Crippen molar-refractivity contribution < 1.29 is 4.79 Å². The third-order valence-electron chi connectivity index (χ3n) is 3.96. The number of allylic oxidation sites excluding steroid dienone is 2. The Morgan fingerprint density at radius 2 is 2.43 bits per heavy atom. The van der Waals surface area contributed by atoms with Gasteiger partial charge in [-0.1, -0.05) is 18.6 Å². The second kappa shape index (κ2) is 3.11. The quantitative estimate of drug-likeness (QED) is 0.669. The summed E-state index contributed by atoms with van der Waals surface area (Å²) < 4.78 is 0. The minimum atomic E-state index is 0.0931. The van der Waals surface area contributed by atoms with Gasteiger partial charge in [0.05, 0.1) is 0 Å². The van der Waals surface area contributed by atoms with E-state index in [2.05, 4.69) is 25.2 Å². The second-order valence-corrected chi connectivity index (χ2v) is 5.10. The van der Waals surface area contributed by atoms with Gasteiger partial charge < -0.3 is 5.32 Å². The monoisotopic (exact) mass is 193 g/mol. The van der Waals surface area contributed by atoms with Crippen molar-refractivity contribution >= 4 is 5.91 Å². The molecular formula is C12H19NO. The molecule has 1 N–H and O–H groups in total. The summed E-state index contributed by atoms with van der Waals surface area (Å²) in [6.45, 7) is 6.96. The van der Waals surface area contributed by atoms with Gasteiger partial charge in [0.2, 0.25) is 5.91 Å². The zero-order valence-electron chi connectivity index (χ0n) is 9.26. The van der Waals surface area contributed by atoms with Crippen LogP contribution in [0.15, 0.2) is 11.6 Å². The van der Waals surface area contributed by atoms with Gasteiger partial charge in [0, 0.05) is 13.5 Å². The van der Waals surface area contributed by atoms with Gasteiger partial charge in [-0.15, -0.1) is 0 Å². The van der Waals surface area contributed by atoms with Gasteiger partial charge in [-0.25, -0.2) is 0 Å². The van der Waals surface area contributed by atoms with E-state index in [1.807, 2.05) is 0 Å². The van der Waals surface area contributed by atoms with Gasteiger partial charge in [0.1, 0.15) is 0 Å². The van der Waals surface area contributed by atoms with Crippen LogP contribution >= 0.6 is 0 Å². The standard InChI is InChI=1S/C12H19NO/c1-8-4-5-10-11(6-8)12(10,3)7-13-9(2)14/h6,10-11H,4-5,7H2,1-3H3,(H,13,14)/t10-,11+,12+/m0/s1. The Balaban J connectivity index is 1.97. The molecule has 2 heteroatoms. The second-order valence-electron chi connectivity index (χ2n) is 5.10. The molecule has 0 aliphatic heterocycles. The number of carbonyl (C=O) groups is 1. The van der Waals surface area contributed by atoms with Crippen LogP contribution in [0.25, 0.3) is 0 Å². The Labute approximate surface area is 85.8 Å². The van der Waals surface area contributed by atoms with Crippen LogP contribution in [-0.4, -0.2) is 12.5 Å². The molecule has 0 saturated heterocycles. The summed E-state index contributed by atoms with van der Waals surface area (Å²) in [6.07, 6.45) is 4.97. The first-order valence-electron chi connectivity index (χ1n) is 5.46. The minimum Gasteiger partial charge on any atom is -0.356 e. The molecule has 0 radical (unpaired) electrons. The highest BCUT2D eigenvalue weighted by Gasteiger charge is 2.59. The van der Waals surface area contributed by atoms with Crippen LogP contribution in [-0.2, 0) is 4.79 Å². The molecule has 0 aromatic carbocycles. The Kier molecular flexibility index (Phi) is 2.17. The smallest absolute Gasteiger partial charge is 0.216 e. The molecule has 14 heavy (non-hydrogen) atoms. The number of carbonyl (C=O) groups excluding carboxylic acids is 1. The molecule has 2 aliphatic rings. The molecule has 2 rings (SSSR count). The Bertz CT molecular complexity index is 295. The van der Waals surface area contributed by atoms with Crippen molar-refractivity contribution in [3.05, 3.63) is 11.6 Å². The van der Waals surface area contributed by atoms with Crippen LogP contribution < -0.4 is 5.32 Å². The van der Waals surface area contributed by atoms with Crippen molar-refractivity contribution in [1.29, 1.82) is 0 Å². The zero-order chi connectivity index (χ0) is 10.3. The Morgan fingerprint density at radius 3 is 3.00 bits per heavy atom. The molecular weight excluding hydrogens is 174 g/mol. The average Bonchev–Trinajstić information content (AvgIpc) is 2.69. The van der Waals surface area contributed by atoms with Crippen LogP contribution in [0.5, 0.6) is 0 Å². The van der Waals surface area contributed by atoms with Crippen molar-refractivity contribution in [2.75, 3.05) is 6.54 Å². The van der Waals surface area contributed by atoms with Crippen molar-refractivity contribution in [3.8, 4) is 0 Å². The van der Waals surface area contributed by atoms with Gasteiger partial charge in [0.25, 0.3) is 0 Å². The van der Waals surface area contributed by atoms with E-state index in [4.69, 9.17) is 0 Å². The lowest BCUT2D eigenvalue weighted by atomic mass is 10.0. The van der Waals surface area contributed by atoms with E-state index in [1.165, 1.54) is 18.4 Å². The summed E-state index contributed by atoms with van der Waals surface area (Å²) in [5.74, 6) is 1.64. The maximum atomic E-state index is 10.9. The van der Waals surface area contributed by atoms with Crippen molar-refractivity contribution in [2.24, 2.45) is 17.3 Å². The van der Waals surface area contributed by atoms with Crippen LogP contribution in [0.3, 0.4) is 0 Å². The SMILES string of the molecule is CC(=O)NC[C@@]1(C)[C@@H]2C=C(C)CC[C@@H]21. The molecule has 2 nitrogen and oxygen atoms in total.